The molecule has 0 aliphatic heterocycles. The van der Waals surface area contributed by atoms with E-state index in [4.69, 9.17) is 14.7 Å². The van der Waals surface area contributed by atoms with Gasteiger partial charge in [0.25, 0.3) is 10.0 Å². The van der Waals surface area contributed by atoms with E-state index in [1.165, 1.54) is 49.2 Å². The van der Waals surface area contributed by atoms with E-state index >= 15 is 0 Å². The first-order chi connectivity index (χ1) is 18.0. The standard InChI is InChI=1S/C24H19F3N4O6S/c1-36-17-5-7-18(8-6-17)38(34,35)31(14-15-3-2-10-28-12-15)22-19-9-4-16(24(25,26)27)11-20(19)29-13-21(22)37-23(32)30-33/h2-13,33H,14H2,1H3,(H,30,32). The molecule has 0 saturated heterocycles. The summed E-state index contributed by atoms with van der Waals surface area (Å²) in [5, 5.41) is 8.90. The molecule has 38 heavy (non-hydrogen) atoms. The molecule has 4 aromatic rings. The molecule has 0 aliphatic rings. The lowest BCUT2D eigenvalue weighted by Crippen LogP contribution is -2.32. The van der Waals surface area contributed by atoms with Crippen LogP contribution in [0.25, 0.3) is 10.9 Å². The summed E-state index contributed by atoms with van der Waals surface area (Å²) in [4.78, 5) is 19.6. The highest BCUT2D eigenvalue weighted by Gasteiger charge is 2.34. The molecule has 0 fully saturated rings. The summed E-state index contributed by atoms with van der Waals surface area (Å²) in [5.41, 5.74) is 0.163. The average Bonchev–Trinajstić information content (AvgIpc) is 2.91. The number of hydrogen-bond donors (Lipinski definition) is 2. The zero-order valence-electron chi connectivity index (χ0n) is 19.5. The van der Waals surface area contributed by atoms with Crippen LogP contribution in [-0.2, 0) is 22.7 Å². The molecule has 2 aromatic heterocycles. The molecule has 0 spiro atoms. The average molecular weight is 548 g/mol. The molecule has 2 aromatic carbocycles. The van der Waals surface area contributed by atoms with Gasteiger partial charge in [-0.2, -0.15) is 13.2 Å². The highest BCUT2D eigenvalue weighted by Crippen LogP contribution is 2.41. The first-order valence-corrected chi connectivity index (χ1v) is 12.2. The van der Waals surface area contributed by atoms with E-state index in [0.29, 0.717) is 11.3 Å². The number of nitrogens with zero attached hydrogens (tertiary/aromatic N) is 3. The molecule has 0 saturated carbocycles. The van der Waals surface area contributed by atoms with Crippen molar-refractivity contribution in [2.45, 2.75) is 17.6 Å². The SMILES string of the molecule is COc1ccc(S(=O)(=O)N(Cc2cccnc2)c2c(OC(=O)NO)cnc3cc(C(F)(F)F)ccc23)cc1. The number of aromatic nitrogens is 2. The summed E-state index contributed by atoms with van der Waals surface area (Å²) in [6.07, 6.45) is -2.28. The van der Waals surface area contributed by atoms with Crippen molar-refractivity contribution in [3.05, 3.63) is 84.3 Å². The van der Waals surface area contributed by atoms with E-state index in [1.807, 2.05) is 0 Å². The van der Waals surface area contributed by atoms with Gasteiger partial charge in [-0.1, -0.05) is 6.07 Å². The number of rotatable bonds is 7. The number of carbonyl (C=O) groups excluding carboxylic acids is 1. The summed E-state index contributed by atoms with van der Waals surface area (Å²) in [7, 11) is -3.04. The molecule has 198 valence electrons. The third-order valence-electron chi connectivity index (χ3n) is 5.37. The van der Waals surface area contributed by atoms with Crippen LogP contribution in [0.3, 0.4) is 0 Å². The van der Waals surface area contributed by atoms with Gasteiger partial charge < -0.3 is 9.47 Å². The number of ether oxygens (including phenoxy) is 2. The summed E-state index contributed by atoms with van der Waals surface area (Å²) in [5.74, 6) is -0.0507. The minimum atomic E-state index is -4.69. The molecule has 2 N–H and O–H groups in total. The number of sulfonamides is 1. The van der Waals surface area contributed by atoms with Gasteiger partial charge in [0.05, 0.1) is 35.8 Å². The number of alkyl halides is 3. The molecule has 0 atom stereocenters. The number of anilines is 1. The van der Waals surface area contributed by atoms with Gasteiger partial charge in [0.2, 0.25) is 0 Å². The van der Waals surface area contributed by atoms with Gasteiger partial charge in [-0.05, 0) is 54.1 Å². The Kier molecular flexibility index (Phi) is 7.37. The van der Waals surface area contributed by atoms with Gasteiger partial charge in [0, 0.05) is 17.8 Å². The van der Waals surface area contributed by atoms with Crippen molar-refractivity contribution in [1.82, 2.24) is 15.4 Å². The van der Waals surface area contributed by atoms with Crippen LogP contribution in [0.4, 0.5) is 23.7 Å². The number of halogens is 3. The minimum absolute atomic E-state index is 0.0674. The van der Waals surface area contributed by atoms with Crippen molar-refractivity contribution in [1.29, 1.82) is 0 Å². The maximum Gasteiger partial charge on any atom is 0.436 e. The summed E-state index contributed by atoms with van der Waals surface area (Å²) < 4.78 is 79.1. The van der Waals surface area contributed by atoms with Crippen molar-refractivity contribution in [3.63, 3.8) is 0 Å². The number of methoxy groups -OCH3 is 1. The number of nitrogens with one attached hydrogen (secondary N) is 1. The Morgan fingerprint density at radius 2 is 1.84 bits per heavy atom. The molecule has 1 amide bonds. The Bertz CT molecular complexity index is 1570. The molecule has 4 rings (SSSR count). The molecule has 0 radical (unpaired) electrons. The summed E-state index contributed by atoms with van der Waals surface area (Å²) in [6, 6.07) is 11.1. The van der Waals surface area contributed by atoms with E-state index in [-0.39, 0.29) is 28.0 Å². The number of benzene rings is 2. The lowest BCUT2D eigenvalue weighted by Gasteiger charge is -2.27. The van der Waals surface area contributed by atoms with Crippen molar-refractivity contribution in [2.75, 3.05) is 11.4 Å². The molecule has 0 unspecified atom stereocenters. The lowest BCUT2D eigenvalue weighted by molar-refractivity contribution is -0.137. The number of hydroxylamine groups is 1. The molecule has 0 aliphatic carbocycles. The molecule has 0 bridgehead atoms. The van der Waals surface area contributed by atoms with Gasteiger partial charge >= 0.3 is 12.3 Å². The Hall–Kier alpha value is -4.43. The highest BCUT2D eigenvalue weighted by atomic mass is 32.2. The van der Waals surface area contributed by atoms with Gasteiger partial charge in [0.1, 0.15) is 11.4 Å². The van der Waals surface area contributed by atoms with Gasteiger partial charge in [-0.15, -0.1) is 0 Å². The smallest absolute Gasteiger partial charge is 0.436 e. The maximum atomic E-state index is 14.0. The predicted molar refractivity (Wildman–Crippen MR) is 128 cm³/mol. The van der Waals surface area contributed by atoms with Crippen molar-refractivity contribution < 1.29 is 41.1 Å². The van der Waals surface area contributed by atoms with E-state index in [9.17, 15) is 26.4 Å². The van der Waals surface area contributed by atoms with Crippen molar-refractivity contribution in [3.8, 4) is 11.5 Å². The van der Waals surface area contributed by atoms with Crippen LogP contribution < -0.4 is 19.3 Å². The quantitative estimate of drug-likeness (QED) is 0.255. The molecule has 2 heterocycles. The first-order valence-electron chi connectivity index (χ1n) is 10.7. The van der Waals surface area contributed by atoms with Crippen LogP contribution in [0.15, 0.2) is 78.1 Å². The normalized spacial score (nSPS) is 11.7. The van der Waals surface area contributed by atoms with Gasteiger partial charge in [-0.3, -0.25) is 19.5 Å². The second-order valence-electron chi connectivity index (χ2n) is 7.75. The van der Waals surface area contributed by atoms with Gasteiger partial charge in [-0.25, -0.2) is 18.7 Å². The fourth-order valence-corrected chi connectivity index (χ4v) is 5.09. The monoisotopic (exact) mass is 548 g/mol. The number of hydrogen-bond acceptors (Lipinski definition) is 8. The minimum Gasteiger partial charge on any atom is -0.497 e. The number of pyridine rings is 2. The Morgan fingerprint density at radius 1 is 1.11 bits per heavy atom. The Morgan fingerprint density at radius 3 is 2.45 bits per heavy atom. The van der Waals surface area contributed by atoms with Crippen LogP contribution in [-0.4, -0.2) is 36.8 Å². The lowest BCUT2D eigenvalue weighted by atomic mass is 10.1. The fraction of sp³-hybridized carbons (Fsp3) is 0.125. The number of amides is 1. The van der Waals surface area contributed by atoms with Crippen LogP contribution in [0.5, 0.6) is 11.5 Å². The van der Waals surface area contributed by atoms with Crippen LogP contribution in [0.1, 0.15) is 11.1 Å². The second-order valence-corrected chi connectivity index (χ2v) is 9.61. The second kappa shape index (κ2) is 10.5. The van der Waals surface area contributed by atoms with Crippen LogP contribution in [0.2, 0.25) is 0 Å². The molecular weight excluding hydrogens is 529 g/mol. The largest absolute Gasteiger partial charge is 0.497 e. The Balaban J connectivity index is 2.00. The van der Waals surface area contributed by atoms with Crippen molar-refractivity contribution in [2.24, 2.45) is 0 Å². The molecule has 10 nitrogen and oxygen atoms in total. The summed E-state index contributed by atoms with van der Waals surface area (Å²) >= 11 is 0. The van der Waals surface area contributed by atoms with Crippen molar-refractivity contribution >= 4 is 32.7 Å². The maximum absolute atomic E-state index is 14.0. The van der Waals surface area contributed by atoms with E-state index in [1.54, 1.807) is 12.1 Å². The highest BCUT2D eigenvalue weighted by molar-refractivity contribution is 7.92. The predicted octanol–water partition coefficient (Wildman–Crippen LogP) is 4.53. The zero-order chi connectivity index (χ0) is 27.5. The van der Waals surface area contributed by atoms with E-state index in [2.05, 4.69) is 9.97 Å². The fourth-order valence-electron chi connectivity index (χ4n) is 3.61. The zero-order valence-corrected chi connectivity index (χ0v) is 20.3. The topological polar surface area (TPSA) is 131 Å². The van der Waals surface area contributed by atoms with Crippen LogP contribution >= 0.6 is 0 Å². The van der Waals surface area contributed by atoms with Gasteiger partial charge in [0.15, 0.2) is 5.75 Å². The van der Waals surface area contributed by atoms with E-state index < -0.39 is 33.6 Å². The van der Waals surface area contributed by atoms with Crippen LogP contribution in [0, 0.1) is 0 Å². The molecule has 14 heteroatoms. The van der Waals surface area contributed by atoms with E-state index in [0.717, 1.165) is 28.7 Å². The molecular formula is C24H19F3N4O6S. The third kappa shape index (κ3) is 5.45. The number of carbonyl (C=O) groups is 1. The number of fused-ring (bicyclic) bond motifs is 1. The third-order valence-corrected chi connectivity index (χ3v) is 7.13. The Labute approximate surface area is 214 Å². The summed E-state index contributed by atoms with van der Waals surface area (Å²) in [6.45, 7) is -0.348. The first kappa shape index (κ1) is 26.6.